The minimum atomic E-state index is -3.29. The van der Waals surface area contributed by atoms with Crippen molar-refractivity contribution in [2.75, 3.05) is 12.0 Å². The molecule has 0 bridgehead atoms. The van der Waals surface area contributed by atoms with Crippen LogP contribution in [-0.4, -0.2) is 19.7 Å². The van der Waals surface area contributed by atoms with Crippen LogP contribution in [-0.2, 0) is 9.84 Å². The number of hydrogen-bond acceptors (Lipinski definition) is 5. The average molecular weight is 299 g/mol. The molecule has 100 valence electrons. The van der Waals surface area contributed by atoms with Gasteiger partial charge in [0.1, 0.15) is 10.9 Å². The van der Waals surface area contributed by atoms with Gasteiger partial charge in [-0.05, 0) is 30.3 Å². The van der Waals surface area contributed by atoms with E-state index in [1.165, 1.54) is 18.2 Å². The molecule has 2 rings (SSSR count). The van der Waals surface area contributed by atoms with Crippen LogP contribution in [0.3, 0.4) is 0 Å². The fourth-order valence-corrected chi connectivity index (χ4v) is 2.19. The van der Waals surface area contributed by atoms with Gasteiger partial charge in [0.2, 0.25) is 5.88 Å². The summed E-state index contributed by atoms with van der Waals surface area (Å²) in [5, 5.41) is 0.239. The smallest absolute Gasteiger partial charge is 0.244 e. The molecule has 0 spiro atoms. The monoisotopic (exact) mass is 298 g/mol. The number of aromatic nitrogens is 1. The molecular formula is C12H11ClN2O3S. The van der Waals surface area contributed by atoms with Crippen molar-refractivity contribution in [1.82, 2.24) is 4.98 Å². The molecule has 0 radical (unpaired) electrons. The fourth-order valence-electron chi connectivity index (χ4n) is 1.39. The van der Waals surface area contributed by atoms with E-state index < -0.39 is 9.84 Å². The second-order valence-electron chi connectivity index (χ2n) is 3.88. The Hall–Kier alpha value is -1.79. The molecule has 2 N–H and O–H groups in total. The minimum absolute atomic E-state index is 0.137. The standard InChI is InChI=1S/C12H11ClN2O3S/c1-19(16,17)9-4-2-3-8(7-9)18-12-10(14)5-6-11(13)15-12/h2-7H,14H2,1H3. The molecule has 0 aliphatic carbocycles. The maximum atomic E-state index is 11.4. The van der Waals surface area contributed by atoms with Gasteiger partial charge in [0.25, 0.3) is 0 Å². The van der Waals surface area contributed by atoms with E-state index in [1.54, 1.807) is 18.2 Å². The average Bonchev–Trinajstić information content (AvgIpc) is 2.33. The molecule has 0 fully saturated rings. The van der Waals surface area contributed by atoms with Gasteiger partial charge in [0.05, 0.1) is 10.6 Å². The summed E-state index contributed by atoms with van der Waals surface area (Å²) < 4.78 is 28.3. The summed E-state index contributed by atoms with van der Waals surface area (Å²) in [5.41, 5.74) is 6.01. The molecule has 7 heteroatoms. The number of nitrogen functional groups attached to an aromatic ring is 1. The van der Waals surface area contributed by atoms with Crippen LogP contribution in [0.5, 0.6) is 11.6 Å². The molecule has 0 aliphatic rings. The lowest BCUT2D eigenvalue weighted by Gasteiger charge is -2.08. The van der Waals surface area contributed by atoms with Crippen LogP contribution in [0, 0.1) is 0 Å². The van der Waals surface area contributed by atoms with Gasteiger partial charge in [-0.3, -0.25) is 0 Å². The summed E-state index contributed by atoms with van der Waals surface area (Å²) in [5.74, 6) is 0.461. The van der Waals surface area contributed by atoms with Crippen molar-refractivity contribution in [2.45, 2.75) is 4.90 Å². The van der Waals surface area contributed by atoms with Crippen molar-refractivity contribution in [3.05, 3.63) is 41.6 Å². The maximum Gasteiger partial charge on any atom is 0.244 e. The highest BCUT2D eigenvalue weighted by Gasteiger charge is 2.10. The molecule has 0 atom stereocenters. The van der Waals surface area contributed by atoms with Gasteiger partial charge < -0.3 is 10.5 Å². The van der Waals surface area contributed by atoms with Gasteiger partial charge >= 0.3 is 0 Å². The van der Waals surface area contributed by atoms with E-state index in [1.807, 2.05) is 0 Å². The Kier molecular flexibility index (Phi) is 3.64. The summed E-state index contributed by atoms with van der Waals surface area (Å²) in [4.78, 5) is 4.09. The van der Waals surface area contributed by atoms with Crippen molar-refractivity contribution in [1.29, 1.82) is 0 Å². The van der Waals surface area contributed by atoms with Crippen LogP contribution < -0.4 is 10.5 Å². The van der Waals surface area contributed by atoms with Crippen LogP contribution >= 0.6 is 11.6 Å². The largest absolute Gasteiger partial charge is 0.437 e. The Morgan fingerprint density at radius 1 is 1.26 bits per heavy atom. The highest BCUT2D eigenvalue weighted by Crippen LogP contribution is 2.28. The Labute approximate surface area is 115 Å². The fraction of sp³-hybridized carbons (Fsp3) is 0.0833. The molecule has 0 saturated heterocycles. The Morgan fingerprint density at radius 3 is 2.68 bits per heavy atom. The predicted molar refractivity (Wildman–Crippen MR) is 73.3 cm³/mol. The van der Waals surface area contributed by atoms with Crippen molar-refractivity contribution in [2.24, 2.45) is 0 Å². The summed E-state index contributed by atoms with van der Waals surface area (Å²) in [6.45, 7) is 0. The zero-order chi connectivity index (χ0) is 14.0. The topological polar surface area (TPSA) is 82.3 Å². The molecule has 0 unspecified atom stereocenters. The van der Waals surface area contributed by atoms with Gasteiger partial charge in [-0.1, -0.05) is 17.7 Å². The van der Waals surface area contributed by atoms with E-state index in [0.717, 1.165) is 6.26 Å². The minimum Gasteiger partial charge on any atom is -0.437 e. The quantitative estimate of drug-likeness (QED) is 0.880. The summed E-state index contributed by atoms with van der Waals surface area (Å²) in [6, 6.07) is 9.17. The lowest BCUT2D eigenvalue weighted by Crippen LogP contribution is -1.98. The van der Waals surface area contributed by atoms with E-state index >= 15 is 0 Å². The predicted octanol–water partition coefficient (Wildman–Crippen LogP) is 2.51. The van der Waals surface area contributed by atoms with Gasteiger partial charge in [-0.25, -0.2) is 8.42 Å². The molecule has 1 heterocycles. The van der Waals surface area contributed by atoms with Crippen molar-refractivity contribution < 1.29 is 13.2 Å². The van der Waals surface area contributed by atoms with E-state index in [4.69, 9.17) is 22.1 Å². The van der Waals surface area contributed by atoms with E-state index in [-0.39, 0.29) is 15.9 Å². The summed E-state index contributed by atoms with van der Waals surface area (Å²) in [7, 11) is -3.29. The van der Waals surface area contributed by atoms with Gasteiger partial charge in [-0.15, -0.1) is 0 Å². The number of nitrogens with zero attached hydrogens (tertiary/aromatic N) is 1. The number of rotatable bonds is 3. The van der Waals surface area contributed by atoms with Crippen LogP contribution in [0.4, 0.5) is 5.69 Å². The van der Waals surface area contributed by atoms with E-state index in [9.17, 15) is 8.42 Å². The van der Waals surface area contributed by atoms with Crippen LogP contribution in [0.25, 0.3) is 0 Å². The normalized spacial score (nSPS) is 11.3. The first-order valence-corrected chi connectivity index (χ1v) is 7.53. The molecule has 2 aromatic rings. The second kappa shape index (κ2) is 5.07. The summed E-state index contributed by atoms with van der Waals surface area (Å²) in [6.07, 6.45) is 1.12. The third-order valence-corrected chi connectivity index (χ3v) is 3.62. The molecule has 0 saturated carbocycles. The molecule has 0 aliphatic heterocycles. The first-order chi connectivity index (χ1) is 8.86. The number of ether oxygens (including phenoxy) is 1. The highest BCUT2D eigenvalue weighted by atomic mass is 35.5. The number of anilines is 1. The second-order valence-corrected chi connectivity index (χ2v) is 6.28. The molecule has 1 aromatic heterocycles. The third-order valence-electron chi connectivity index (χ3n) is 2.30. The Morgan fingerprint density at radius 2 is 2.00 bits per heavy atom. The number of pyridine rings is 1. The van der Waals surface area contributed by atoms with Gasteiger partial charge in [0.15, 0.2) is 9.84 Å². The Balaban J connectivity index is 2.36. The SMILES string of the molecule is CS(=O)(=O)c1cccc(Oc2nc(Cl)ccc2N)c1. The number of sulfone groups is 1. The summed E-state index contributed by atoms with van der Waals surface area (Å²) >= 11 is 5.74. The van der Waals surface area contributed by atoms with Gasteiger partial charge in [-0.2, -0.15) is 4.98 Å². The zero-order valence-electron chi connectivity index (χ0n) is 10.00. The van der Waals surface area contributed by atoms with Crippen LogP contribution in [0.15, 0.2) is 41.3 Å². The Bertz CT molecular complexity index is 717. The first kappa shape index (κ1) is 13.6. The maximum absolute atomic E-state index is 11.4. The van der Waals surface area contributed by atoms with Crippen LogP contribution in [0.2, 0.25) is 5.15 Å². The lowest BCUT2D eigenvalue weighted by molar-refractivity contribution is 0.464. The third kappa shape index (κ3) is 3.36. The van der Waals surface area contributed by atoms with Crippen molar-refractivity contribution >= 4 is 27.1 Å². The van der Waals surface area contributed by atoms with E-state index in [2.05, 4.69) is 4.98 Å². The number of halogens is 1. The van der Waals surface area contributed by atoms with Crippen molar-refractivity contribution in [3.63, 3.8) is 0 Å². The lowest BCUT2D eigenvalue weighted by atomic mass is 10.3. The zero-order valence-corrected chi connectivity index (χ0v) is 11.6. The first-order valence-electron chi connectivity index (χ1n) is 5.26. The van der Waals surface area contributed by atoms with Gasteiger partial charge in [0, 0.05) is 6.26 Å². The molecule has 1 aromatic carbocycles. The van der Waals surface area contributed by atoms with Crippen LogP contribution in [0.1, 0.15) is 0 Å². The van der Waals surface area contributed by atoms with E-state index in [0.29, 0.717) is 11.4 Å². The highest BCUT2D eigenvalue weighted by molar-refractivity contribution is 7.90. The molecular weight excluding hydrogens is 288 g/mol. The van der Waals surface area contributed by atoms with Crippen molar-refractivity contribution in [3.8, 4) is 11.6 Å². The number of hydrogen-bond donors (Lipinski definition) is 1. The molecule has 0 amide bonds. The number of benzene rings is 1. The molecule has 19 heavy (non-hydrogen) atoms. The number of nitrogens with two attached hydrogens (primary N) is 1. The molecule has 5 nitrogen and oxygen atoms in total.